The first kappa shape index (κ1) is 26.7. The smallest absolute Gasteiger partial charge is 0.410 e. The predicted molar refractivity (Wildman–Crippen MR) is 167 cm³/mol. The number of benzene rings is 2. The second-order valence-electron chi connectivity index (χ2n) is 13.6. The topological polar surface area (TPSA) is 98.9 Å². The molecule has 4 heterocycles. The van der Waals surface area contributed by atoms with Gasteiger partial charge in [-0.2, -0.15) is 0 Å². The summed E-state index contributed by atoms with van der Waals surface area (Å²) in [7, 11) is 0. The van der Waals surface area contributed by atoms with Gasteiger partial charge in [-0.3, -0.25) is 4.90 Å². The zero-order valence-corrected chi connectivity index (χ0v) is 25.3. The van der Waals surface area contributed by atoms with Crippen molar-refractivity contribution in [1.82, 2.24) is 30.2 Å². The fraction of sp³-hybridized carbons (Fsp3) is 0.457. The normalized spacial score (nSPS) is 20.9. The molecular formula is C35H40N6O2. The van der Waals surface area contributed by atoms with E-state index < -0.39 is 5.60 Å². The van der Waals surface area contributed by atoms with Crippen molar-refractivity contribution in [2.75, 3.05) is 13.1 Å². The van der Waals surface area contributed by atoms with E-state index in [0.29, 0.717) is 12.6 Å². The lowest BCUT2D eigenvalue weighted by atomic mass is 9.87. The van der Waals surface area contributed by atoms with Gasteiger partial charge in [0, 0.05) is 29.1 Å². The average Bonchev–Trinajstić information content (AvgIpc) is 3.80. The standard InChI is InChI=1S/C35H40N6O2/c1-35(2,3)43-34(42)41-17-5-7-29(41)33-38-27-15-11-23-19-21(9-13-25(23)31(27)40-33)20-8-12-24-22(18-20)10-14-26-30(24)39-32(37-26)28-6-4-16-36-28/h8-9,12-13,18-19,28-29,36H,4-7,10-11,14-17H2,1-3H3,(H,37,39)(H,38,40)/t28-,29-/m0/s1. The highest BCUT2D eigenvalue weighted by atomic mass is 16.6. The number of aromatic nitrogens is 4. The Morgan fingerprint density at radius 3 is 2.07 bits per heavy atom. The van der Waals surface area contributed by atoms with Crippen LogP contribution in [0.4, 0.5) is 4.79 Å². The van der Waals surface area contributed by atoms with Crippen molar-refractivity contribution in [1.29, 1.82) is 0 Å². The predicted octanol–water partition coefficient (Wildman–Crippen LogP) is 6.83. The van der Waals surface area contributed by atoms with Crippen molar-refractivity contribution in [2.45, 2.75) is 89.8 Å². The van der Waals surface area contributed by atoms with E-state index in [1.165, 1.54) is 51.2 Å². The lowest BCUT2D eigenvalue weighted by molar-refractivity contribution is 0.0218. The summed E-state index contributed by atoms with van der Waals surface area (Å²) in [4.78, 5) is 32.1. The molecule has 8 rings (SSSR count). The molecule has 1 amide bonds. The summed E-state index contributed by atoms with van der Waals surface area (Å²) in [5, 5.41) is 3.58. The largest absolute Gasteiger partial charge is 0.444 e. The SMILES string of the molecule is CC(C)(C)OC(=O)N1CCC[C@H]1c1nc2c([nH]1)CCc1cc(-c3ccc4c(c3)CCc3[nH]c([C@@H]5CCCN5)nc3-4)ccc1-2. The minimum atomic E-state index is -0.514. The molecule has 2 fully saturated rings. The van der Waals surface area contributed by atoms with Crippen molar-refractivity contribution in [2.24, 2.45) is 0 Å². The minimum Gasteiger partial charge on any atom is -0.444 e. The molecule has 3 N–H and O–H groups in total. The summed E-state index contributed by atoms with van der Waals surface area (Å²) < 4.78 is 5.70. The van der Waals surface area contributed by atoms with Gasteiger partial charge in [0.15, 0.2) is 0 Å². The second-order valence-corrected chi connectivity index (χ2v) is 13.6. The molecule has 0 saturated carbocycles. The Morgan fingerprint density at radius 2 is 1.47 bits per heavy atom. The monoisotopic (exact) mass is 576 g/mol. The fourth-order valence-corrected chi connectivity index (χ4v) is 7.44. The number of ether oxygens (including phenoxy) is 1. The number of hydrogen-bond donors (Lipinski definition) is 3. The minimum absolute atomic E-state index is 0.0702. The number of nitrogens with one attached hydrogen (secondary N) is 3. The molecule has 2 aromatic heterocycles. The molecule has 0 unspecified atom stereocenters. The number of rotatable bonds is 3. The van der Waals surface area contributed by atoms with Crippen LogP contribution in [0, 0.1) is 0 Å². The van der Waals surface area contributed by atoms with Crippen LogP contribution in [0.15, 0.2) is 36.4 Å². The van der Waals surface area contributed by atoms with E-state index in [9.17, 15) is 4.79 Å². The molecule has 0 spiro atoms. The van der Waals surface area contributed by atoms with Gasteiger partial charge in [0.2, 0.25) is 0 Å². The molecule has 8 nitrogen and oxygen atoms in total. The van der Waals surface area contributed by atoms with Gasteiger partial charge >= 0.3 is 6.09 Å². The van der Waals surface area contributed by atoms with Crippen molar-refractivity contribution < 1.29 is 9.53 Å². The van der Waals surface area contributed by atoms with Crippen LogP contribution < -0.4 is 5.32 Å². The van der Waals surface area contributed by atoms with E-state index >= 15 is 0 Å². The van der Waals surface area contributed by atoms with Gasteiger partial charge in [-0.15, -0.1) is 0 Å². The number of hydrogen-bond acceptors (Lipinski definition) is 5. The maximum Gasteiger partial charge on any atom is 0.410 e. The number of likely N-dealkylation sites (tertiary alicyclic amines) is 1. The molecule has 0 radical (unpaired) electrons. The van der Waals surface area contributed by atoms with Gasteiger partial charge in [-0.1, -0.05) is 36.4 Å². The molecule has 2 aliphatic carbocycles. The molecule has 0 bridgehead atoms. The van der Waals surface area contributed by atoms with Crippen LogP contribution in [0.3, 0.4) is 0 Å². The number of imidazole rings is 2. The van der Waals surface area contributed by atoms with Crippen molar-refractivity contribution in [3.8, 4) is 33.6 Å². The molecule has 43 heavy (non-hydrogen) atoms. The third-order valence-electron chi connectivity index (χ3n) is 9.52. The molecule has 2 saturated heterocycles. The van der Waals surface area contributed by atoms with Gasteiger partial charge in [0.05, 0.1) is 23.5 Å². The first-order valence-electron chi connectivity index (χ1n) is 16.0. The van der Waals surface area contributed by atoms with E-state index in [1.807, 2.05) is 25.7 Å². The molecule has 222 valence electrons. The second kappa shape index (κ2) is 10.1. The van der Waals surface area contributed by atoms with Crippen molar-refractivity contribution in [3.05, 3.63) is 70.6 Å². The number of carbonyl (C=O) groups is 1. The van der Waals surface area contributed by atoms with E-state index in [2.05, 4.69) is 51.7 Å². The zero-order valence-electron chi connectivity index (χ0n) is 25.3. The molecule has 2 aliphatic heterocycles. The Kier molecular flexibility index (Phi) is 6.26. The summed E-state index contributed by atoms with van der Waals surface area (Å²) in [6, 6.07) is 14.0. The van der Waals surface area contributed by atoms with Gasteiger partial charge < -0.3 is 20.0 Å². The highest BCUT2D eigenvalue weighted by Crippen LogP contribution is 2.40. The van der Waals surface area contributed by atoms with Crippen LogP contribution in [0.5, 0.6) is 0 Å². The zero-order chi connectivity index (χ0) is 29.3. The molecule has 2 aromatic carbocycles. The number of fused-ring (bicyclic) bond motifs is 6. The number of aryl methyl sites for hydroxylation is 4. The van der Waals surface area contributed by atoms with E-state index in [-0.39, 0.29) is 12.1 Å². The first-order valence-corrected chi connectivity index (χ1v) is 16.0. The van der Waals surface area contributed by atoms with Gasteiger partial charge in [0.25, 0.3) is 0 Å². The fourth-order valence-electron chi connectivity index (χ4n) is 7.44. The summed E-state index contributed by atoms with van der Waals surface area (Å²) in [5.74, 6) is 1.98. The van der Waals surface area contributed by atoms with E-state index in [1.54, 1.807) is 0 Å². The van der Waals surface area contributed by atoms with Crippen LogP contribution in [-0.2, 0) is 30.4 Å². The van der Waals surface area contributed by atoms with Gasteiger partial charge in [0.1, 0.15) is 17.2 Å². The Balaban J connectivity index is 1.05. The van der Waals surface area contributed by atoms with Crippen LogP contribution in [0.1, 0.15) is 92.7 Å². The lowest BCUT2D eigenvalue weighted by Crippen LogP contribution is -2.36. The van der Waals surface area contributed by atoms with Crippen LogP contribution in [0.25, 0.3) is 33.6 Å². The molecule has 4 aliphatic rings. The third kappa shape index (κ3) is 4.76. The Labute approximate surface area is 252 Å². The number of nitrogens with zero attached hydrogens (tertiary/aromatic N) is 3. The number of carbonyl (C=O) groups excluding carboxylic acids is 1. The lowest BCUT2D eigenvalue weighted by Gasteiger charge is -2.27. The van der Waals surface area contributed by atoms with Crippen LogP contribution >= 0.6 is 0 Å². The molecule has 2 atom stereocenters. The highest BCUT2D eigenvalue weighted by Gasteiger charge is 2.36. The number of amides is 1. The Bertz CT molecular complexity index is 1720. The van der Waals surface area contributed by atoms with Crippen LogP contribution in [-0.4, -0.2) is 49.6 Å². The van der Waals surface area contributed by atoms with Crippen molar-refractivity contribution >= 4 is 6.09 Å². The molecule has 8 heteroatoms. The molecular weight excluding hydrogens is 536 g/mol. The summed E-state index contributed by atoms with van der Waals surface area (Å²) in [5.41, 5.74) is 11.8. The Morgan fingerprint density at radius 1 is 0.837 bits per heavy atom. The maximum absolute atomic E-state index is 12.9. The number of H-pyrrole nitrogens is 2. The average molecular weight is 577 g/mol. The van der Waals surface area contributed by atoms with Crippen LogP contribution in [0.2, 0.25) is 0 Å². The van der Waals surface area contributed by atoms with E-state index in [4.69, 9.17) is 14.7 Å². The summed E-state index contributed by atoms with van der Waals surface area (Å²) in [6.45, 7) is 7.52. The highest BCUT2D eigenvalue weighted by molar-refractivity contribution is 5.78. The first-order chi connectivity index (χ1) is 20.8. The van der Waals surface area contributed by atoms with Crippen molar-refractivity contribution in [3.63, 3.8) is 0 Å². The maximum atomic E-state index is 12.9. The summed E-state index contributed by atoms with van der Waals surface area (Å²) in [6.07, 6.45) is 7.89. The summed E-state index contributed by atoms with van der Waals surface area (Å²) >= 11 is 0. The van der Waals surface area contributed by atoms with Gasteiger partial charge in [-0.25, -0.2) is 14.8 Å². The Hall–Kier alpha value is -3.91. The molecule has 4 aromatic rings. The van der Waals surface area contributed by atoms with E-state index in [0.717, 1.165) is 74.5 Å². The number of aromatic amines is 2. The van der Waals surface area contributed by atoms with Gasteiger partial charge in [-0.05, 0) is 101 Å². The quantitative estimate of drug-likeness (QED) is 0.248. The third-order valence-corrected chi connectivity index (χ3v) is 9.52.